The Morgan fingerprint density at radius 1 is 1.21 bits per heavy atom. The maximum Gasteiger partial charge on any atom is 0.191 e. The Balaban J connectivity index is 1.68. The van der Waals surface area contributed by atoms with E-state index in [9.17, 15) is 4.39 Å². The predicted molar refractivity (Wildman–Crippen MR) is 116 cm³/mol. The first-order chi connectivity index (χ1) is 14.0. The second-order valence-electron chi connectivity index (χ2n) is 6.83. The largest absolute Gasteiger partial charge is 0.486 e. The molecule has 3 rings (SSSR count). The van der Waals surface area contributed by atoms with Crippen LogP contribution in [0.5, 0.6) is 5.75 Å². The second-order valence-corrected chi connectivity index (χ2v) is 8.18. The van der Waals surface area contributed by atoms with Gasteiger partial charge >= 0.3 is 0 Å². The number of benzene rings is 2. The fraction of sp³-hybridized carbons (Fsp3) is 0.273. The van der Waals surface area contributed by atoms with Crippen LogP contribution < -0.4 is 4.74 Å². The zero-order valence-electron chi connectivity index (χ0n) is 16.4. The van der Waals surface area contributed by atoms with E-state index in [1.807, 2.05) is 16.7 Å². The van der Waals surface area contributed by atoms with Gasteiger partial charge in [-0.15, -0.1) is 16.8 Å². The first kappa shape index (κ1) is 21.4. The highest BCUT2D eigenvalue weighted by molar-refractivity contribution is 7.98. The summed E-state index contributed by atoms with van der Waals surface area (Å²) in [6.45, 7) is 9.00. The van der Waals surface area contributed by atoms with Crippen molar-refractivity contribution in [3.63, 3.8) is 0 Å². The topological polar surface area (TPSA) is 39.9 Å². The predicted octanol–water partition coefficient (Wildman–Crippen LogP) is 6.25. The Labute approximate surface area is 179 Å². The van der Waals surface area contributed by atoms with Gasteiger partial charge in [0.25, 0.3) is 0 Å². The standard InChI is InChI=1S/C22H23ClFN3OS/c1-4-11-27-21(13-28-19-9-6-16(7-10-19)15(2)3)25-26-22(27)29-14-17-5-8-18(24)12-20(17)23/h4-10,12,15H,1,11,13-14H2,2-3H3. The highest BCUT2D eigenvalue weighted by Crippen LogP contribution is 2.27. The van der Waals surface area contributed by atoms with Gasteiger partial charge in [-0.1, -0.05) is 61.5 Å². The summed E-state index contributed by atoms with van der Waals surface area (Å²) in [5.41, 5.74) is 2.11. The quantitative estimate of drug-likeness (QED) is 0.296. The lowest BCUT2D eigenvalue weighted by Crippen LogP contribution is -2.07. The van der Waals surface area contributed by atoms with Crippen molar-refractivity contribution in [3.8, 4) is 5.75 Å². The molecule has 0 saturated heterocycles. The maximum absolute atomic E-state index is 13.2. The summed E-state index contributed by atoms with van der Waals surface area (Å²) < 4.78 is 21.1. The molecular formula is C22H23ClFN3OS. The van der Waals surface area contributed by atoms with E-state index in [-0.39, 0.29) is 5.82 Å². The fourth-order valence-electron chi connectivity index (χ4n) is 2.72. The molecule has 0 N–H and O–H groups in total. The van der Waals surface area contributed by atoms with Gasteiger partial charge in [-0.25, -0.2) is 4.39 Å². The number of halogens is 2. The van der Waals surface area contributed by atoms with Crippen molar-refractivity contribution in [2.45, 2.75) is 43.8 Å². The van der Waals surface area contributed by atoms with Crippen LogP contribution in [0.25, 0.3) is 0 Å². The van der Waals surface area contributed by atoms with Crippen LogP contribution in [0.3, 0.4) is 0 Å². The second kappa shape index (κ2) is 9.94. The Kier molecular flexibility index (Phi) is 7.34. The summed E-state index contributed by atoms with van der Waals surface area (Å²) in [6.07, 6.45) is 1.79. The van der Waals surface area contributed by atoms with Gasteiger partial charge in [0.2, 0.25) is 0 Å². The molecule has 0 aliphatic rings. The lowest BCUT2D eigenvalue weighted by atomic mass is 10.0. The van der Waals surface area contributed by atoms with Crippen LogP contribution in [-0.4, -0.2) is 14.8 Å². The molecule has 0 aliphatic carbocycles. The zero-order valence-corrected chi connectivity index (χ0v) is 18.0. The number of aromatic nitrogens is 3. The Bertz CT molecular complexity index is 973. The summed E-state index contributed by atoms with van der Waals surface area (Å²) in [5, 5.41) is 9.69. The van der Waals surface area contributed by atoms with Crippen LogP contribution >= 0.6 is 23.4 Å². The van der Waals surface area contributed by atoms with Crippen LogP contribution in [0.1, 0.15) is 36.7 Å². The van der Waals surface area contributed by atoms with Gasteiger partial charge in [-0.05, 0) is 41.3 Å². The fourth-order valence-corrected chi connectivity index (χ4v) is 4.01. The molecule has 0 atom stereocenters. The first-order valence-corrected chi connectivity index (χ1v) is 10.7. The van der Waals surface area contributed by atoms with Crippen molar-refractivity contribution in [2.75, 3.05) is 0 Å². The molecule has 2 aromatic carbocycles. The minimum atomic E-state index is -0.348. The molecule has 0 bridgehead atoms. The molecular weight excluding hydrogens is 409 g/mol. The molecule has 0 radical (unpaired) electrons. The number of ether oxygens (including phenoxy) is 1. The summed E-state index contributed by atoms with van der Waals surface area (Å²) >= 11 is 7.60. The molecule has 0 saturated carbocycles. The number of rotatable bonds is 9. The summed E-state index contributed by atoms with van der Waals surface area (Å²) in [7, 11) is 0. The van der Waals surface area contributed by atoms with Crippen molar-refractivity contribution >= 4 is 23.4 Å². The average Bonchev–Trinajstić information content (AvgIpc) is 3.08. The molecule has 1 heterocycles. The summed E-state index contributed by atoms with van der Waals surface area (Å²) in [5.74, 6) is 2.19. The van der Waals surface area contributed by atoms with Crippen LogP contribution in [0.15, 0.2) is 60.3 Å². The van der Waals surface area contributed by atoms with Crippen molar-refractivity contribution in [1.29, 1.82) is 0 Å². The molecule has 7 heteroatoms. The van der Waals surface area contributed by atoms with Crippen molar-refractivity contribution in [3.05, 3.63) is 82.9 Å². The molecule has 4 nitrogen and oxygen atoms in total. The number of hydrogen-bond donors (Lipinski definition) is 0. The highest BCUT2D eigenvalue weighted by Gasteiger charge is 2.14. The zero-order chi connectivity index (χ0) is 20.8. The van der Waals surface area contributed by atoms with E-state index < -0.39 is 0 Å². The van der Waals surface area contributed by atoms with E-state index in [2.05, 4.69) is 42.8 Å². The Morgan fingerprint density at radius 2 is 1.97 bits per heavy atom. The number of allylic oxidation sites excluding steroid dienone is 1. The van der Waals surface area contributed by atoms with Crippen LogP contribution in [0.4, 0.5) is 4.39 Å². The van der Waals surface area contributed by atoms with E-state index in [1.54, 1.807) is 12.1 Å². The van der Waals surface area contributed by atoms with Gasteiger partial charge < -0.3 is 4.74 Å². The summed E-state index contributed by atoms with van der Waals surface area (Å²) in [6, 6.07) is 12.5. The molecule has 152 valence electrons. The van der Waals surface area contributed by atoms with Crippen molar-refractivity contribution in [1.82, 2.24) is 14.8 Å². The minimum absolute atomic E-state index is 0.305. The molecule has 1 aromatic heterocycles. The first-order valence-electron chi connectivity index (χ1n) is 9.30. The van der Waals surface area contributed by atoms with Gasteiger partial charge in [-0.3, -0.25) is 4.57 Å². The third kappa shape index (κ3) is 5.61. The third-order valence-corrected chi connectivity index (χ3v) is 5.76. The third-order valence-electron chi connectivity index (χ3n) is 4.39. The monoisotopic (exact) mass is 431 g/mol. The number of nitrogens with zero attached hydrogens (tertiary/aromatic N) is 3. The maximum atomic E-state index is 13.2. The average molecular weight is 432 g/mol. The number of thioether (sulfide) groups is 1. The van der Waals surface area contributed by atoms with Crippen molar-refractivity contribution < 1.29 is 9.13 Å². The van der Waals surface area contributed by atoms with Crippen LogP contribution in [-0.2, 0) is 18.9 Å². The van der Waals surface area contributed by atoms with Crippen molar-refractivity contribution in [2.24, 2.45) is 0 Å². The molecule has 0 unspecified atom stereocenters. The normalized spacial score (nSPS) is 11.1. The molecule has 0 aliphatic heterocycles. The molecule has 3 aromatic rings. The molecule has 0 amide bonds. The highest BCUT2D eigenvalue weighted by atomic mass is 35.5. The number of hydrogen-bond acceptors (Lipinski definition) is 4. The Morgan fingerprint density at radius 3 is 2.62 bits per heavy atom. The minimum Gasteiger partial charge on any atom is -0.486 e. The lowest BCUT2D eigenvalue weighted by molar-refractivity contribution is 0.289. The molecule has 0 fully saturated rings. The van der Waals surface area contributed by atoms with Gasteiger partial charge in [-0.2, -0.15) is 0 Å². The van der Waals surface area contributed by atoms with Gasteiger partial charge in [0.05, 0.1) is 0 Å². The molecule has 0 spiro atoms. The van der Waals surface area contributed by atoms with Crippen LogP contribution in [0.2, 0.25) is 5.02 Å². The molecule has 29 heavy (non-hydrogen) atoms. The van der Waals surface area contributed by atoms with E-state index in [0.29, 0.717) is 35.7 Å². The van der Waals surface area contributed by atoms with E-state index in [4.69, 9.17) is 16.3 Å². The SMILES string of the molecule is C=CCn1c(COc2ccc(C(C)C)cc2)nnc1SCc1ccc(F)cc1Cl. The Hall–Kier alpha value is -2.31. The van der Waals surface area contributed by atoms with E-state index in [0.717, 1.165) is 16.5 Å². The smallest absolute Gasteiger partial charge is 0.191 e. The van der Waals surface area contributed by atoms with E-state index >= 15 is 0 Å². The van der Waals surface area contributed by atoms with Crippen LogP contribution in [0, 0.1) is 5.82 Å². The summed E-state index contributed by atoms with van der Waals surface area (Å²) in [4.78, 5) is 0. The van der Waals surface area contributed by atoms with Gasteiger partial charge in [0, 0.05) is 17.3 Å². The van der Waals surface area contributed by atoms with Gasteiger partial charge in [0.1, 0.15) is 18.2 Å². The lowest BCUT2D eigenvalue weighted by Gasteiger charge is -2.10. The van der Waals surface area contributed by atoms with Gasteiger partial charge in [0.15, 0.2) is 11.0 Å². The van der Waals surface area contributed by atoms with E-state index in [1.165, 1.54) is 29.5 Å².